The van der Waals surface area contributed by atoms with Crippen LogP contribution in [0.1, 0.15) is 51.7 Å². The Kier molecular flexibility index (Phi) is 7.54. The Labute approximate surface area is 131 Å². The maximum atomic E-state index is 12.0. The van der Waals surface area contributed by atoms with Crippen LogP contribution in [0.3, 0.4) is 0 Å². The van der Waals surface area contributed by atoms with Crippen molar-refractivity contribution in [3.63, 3.8) is 0 Å². The Bertz CT molecular complexity index is 451. The second kappa shape index (κ2) is 8.90. The third-order valence-electron chi connectivity index (χ3n) is 3.34. The maximum absolute atomic E-state index is 12.0. The largest absolute Gasteiger partial charge is 0.439 e. The first-order chi connectivity index (χ1) is 9.99. The molecule has 4 nitrogen and oxygen atoms in total. The number of ether oxygens (including phenoxy) is 1. The van der Waals surface area contributed by atoms with Crippen LogP contribution >= 0.6 is 11.6 Å². The first-order valence-electron chi connectivity index (χ1n) is 7.39. The SMILES string of the molecule is CCCC(CC)NC(=O)O[C@@H](c1ccccc1Cl)[C@H](C)O. The quantitative estimate of drug-likeness (QED) is 0.798. The van der Waals surface area contributed by atoms with Gasteiger partial charge in [0.15, 0.2) is 6.10 Å². The van der Waals surface area contributed by atoms with Crippen molar-refractivity contribution in [2.45, 2.75) is 58.3 Å². The fourth-order valence-corrected chi connectivity index (χ4v) is 2.41. The normalized spacial score (nSPS) is 15.1. The molecule has 21 heavy (non-hydrogen) atoms. The lowest BCUT2D eigenvalue weighted by Crippen LogP contribution is -2.37. The highest BCUT2D eigenvalue weighted by molar-refractivity contribution is 6.31. The van der Waals surface area contributed by atoms with E-state index in [2.05, 4.69) is 12.2 Å². The first-order valence-corrected chi connectivity index (χ1v) is 7.77. The third-order valence-corrected chi connectivity index (χ3v) is 3.68. The topological polar surface area (TPSA) is 58.6 Å². The van der Waals surface area contributed by atoms with E-state index in [9.17, 15) is 9.90 Å². The molecule has 0 aromatic heterocycles. The van der Waals surface area contributed by atoms with Crippen LogP contribution in [0, 0.1) is 0 Å². The van der Waals surface area contributed by atoms with Crippen molar-refractivity contribution in [3.05, 3.63) is 34.9 Å². The van der Waals surface area contributed by atoms with Gasteiger partial charge < -0.3 is 15.2 Å². The monoisotopic (exact) mass is 313 g/mol. The van der Waals surface area contributed by atoms with Crippen molar-refractivity contribution in [1.29, 1.82) is 0 Å². The van der Waals surface area contributed by atoms with Gasteiger partial charge in [0.2, 0.25) is 0 Å². The molecule has 0 fully saturated rings. The van der Waals surface area contributed by atoms with Crippen LogP contribution in [0.15, 0.2) is 24.3 Å². The number of hydrogen-bond acceptors (Lipinski definition) is 3. The Morgan fingerprint density at radius 1 is 1.38 bits per heavy atom. The summed E-state index contributed by atoms with van der Waals surface area (Å²) < 4.78 is 5.37. The fraction of sp³-hybridized carbons (Fsp3) is 0.562. The second-order valence-electron chi connectivity index (χ2n) is 5.13. The van der Waals surface area contributed by atoms with E-state index in [0.717, 1.165) is 19.3 Å². The predicted octanol–water partition coefficient (Wildman–Crippen LogP) is 4.07. The molecule has 1 amide bonds. The van der Waals surface area contributed by atoms with Crippen molar-refractivity contribution >= 4 is 17.7 Å². The lowest BCUT2D eigenvalue weighted by atomic mass is 10.1. The van der Waals surface area contributed by atoms with Gasteiger partial charge in [0.05, 0.1) is 6.10 Å². The van der Waals surface area contributed by atoms with E-state index >= 15 is 0 Å². The molecule has 0 spiro atoms. The molecule has 0 saturated carbocycles. The van der Waals surface area contributed by atoms with Crippen molar-refractivity contribution < 1.29 is 14.6 Å². The summed E-state index contributed by atoms with van der Waals surface area (Å²) in [6, 6.07) is 7.13. The van der Waals surface area contributed by atoms with Gasteiger partial charge in [0, 0.05) is 16.6 Å². The smallest absolute Gasteiger partial charge is 0.408 e. The van der Waals surface area contributed by atoms with E-state index in [1.165, 1.54) is 0 Å². The standard InChI is InChI=1S/C16H24ClNO3/c1-4-8-12(5-2)18-16(20)21-15(11(3)19)13-9-6-7-10-14(13)17/h6-7,9-12,15,19H,4-5,8H2,1-3H3,(H,18,20)/t11-,12?,15+/m0/s1. The molecule has 118 valence electrons. The second-order valence-corrected chi connectivity index (χ2v) is 5.53. The van der Waals surface area contributed by atoms with Crippen molar-refractivity contribution in [3.8, 4) is 0 Å². The van der Waals surface area contributed by atoms with Crippen LogP contribution in [-0.2, 0) is 4.74 Å². The summed E-state index contributed by atoms with van der Waals surface area (Å²) in [6.45, 7) is 5.66. The van der Waals surface area contributed by atoms with Gasteiger partial charge in [0.1, 0.15) is 0 Å². The van der Waals surface area contributed by atoms with Crippen molar-refractivity contribution in [2.24, 2.45) is 0 Å². The molecular formula is C16H24ClNO3. The van der Waals surface area contributed by atoms with Gasteiger partial charge in [-0.3, -0.25) is 0 Å². The highest BCUT2D eigenvalue weighted by Crippen LogP contribution is 2.28. The number of amides is 1. The van der Waals surface area contributed by atoms with Gasteiger partial charge in [-0.1, -0.05) is 50.1 Å². The fourth-order valence-electron chi connectivity index (χ4n) is 2.17. The summed E-state index contributed by atoms with van der Waals surface area (Å²) in [5, 5.41) is 13.2. The predicted molar refractivity (Wildman–Crippen MR) is 84.5 cm³/mol. The summed E-state index contributed by atoms with van der Waals surface area (Å²) in [4.78, 5) is 12.0. The van der Waals surface area contributed by atoms with Crippen LogP contribution in [0.5, 0.6) is 0 Å². The minimum atomic E-state index is -0.845. The minimum Gasteiger partial charge on any atom is -0.439 e. The number of carbonyl (C=O) groups is 1. The molecule has 0 radical (unpaired) electrons. The van der Waals surface area contributed by atoms with Crippen LogP contribution in [0.2, 0.25) is 5.02 Å². The molecule has 0 heterocycles. The summed E-state index contributed by atoms with van der Waals surface area (Å²) in [5.74, 6) is 0. The number of aliphatic hydroxyl groups is 1. The van der Waals surface area contributed by atoms with Gasteiger partial charge >= 0.3 is 6.09 Å². The molecule has 0 bridgehead atoms. The molecule has 1 unspecified atom stereocenters. The minimum absolute atomic E-state index is 0.0865. The number of nitrogens with one attached hydrogen (secondary N) is 1. The molecule has 3 atom stereocenters. The Morgan fingerprint density at radius 2 is 2.05 bits per heavy atom. The average molecular weight is 314 g/mol. The Hall–Kier alpha value is -1.26. The summed E-state index contributed by atoms with van der Waals surface area (Å²) in [7, 11) is 0. The highest BCUT2D eigenvalue weighted by atomic mass is 35.5. The van der Waals surface area contributed by atoms with Gasteiger partial charge in [0.25, 0.3) is 0 Å². The molecule has 2 N–H and O–H groups in total. The number of halogens is 1. The molecule has 0 aliphatic carbocycles. The average Bonchev–Trinajstić information content (AvgIpc) is 2.45. The van der Waals surface area contributed by atoms with Crippen molar-refractivity contribution in [2.75, 3.05) is 0 Å². The number of hydrogen-bond donors (Lipinski definition) is 2. The van der Waals surface area contributed by atoms with E-state index in [4.69, 9.17) is 16.3 Å². The summed E-state index contributed by atoms with van der Waals surface area (Å²) in [5.41, 5.74) is 0.604. The molecular weight excluding hydrogens is 290 g/mol. The third kappa shape index (κ3) is 5.56. The number of aliphatic hydroxyl groups excluding tert-OH is 1. The Balaban J connectivity index is 2.75. The summed E-state index contributed by atoms with van der Waals surface area (Å²) >= 11 is 6.11. The summed E-state index contributed by atoms with van der Waals surface area (Å²) in [6.07, 6.45) is 0.579. The van der Waals surface area contributed by atoms with Gasteiger partial charge in [-0.2, -0.15) is 0 Å². The van der Waals surface area contributed by atoms with E-state index in [1.54, 1.807) is 31.2 Å². The molecule has 0 aliphatic rings. The number of rotatable bonds is 7. The van der Waals surface area contributed by atoms with Crippen molar-refractivity contribution in [1.82, 2.24) is 5.32 Å². The first kappa shape index (κ1) is 17.8. The van der Waals surface area contributed by atoms with E-state index in [1.807, 2.05) is 6.92 Å². The van der Waals surface area contributed by atoms with Gasteiger partial charge in [-0.05, 0) is 25.8 Å². The molecule has 1 aromatic carbocycles. The molecule has 1 rings (SSSR count). The molecule has 0 aliphatic heterocycles. The molecule has 0 saturated heterocycles. The lowest BCUT2D eigenvalue weighted by Gasteiger charge is -2.24. The molecule has 5 heteroatoms. The van der Waals surface area contributed by atoms with E-state index in [0.29, 0.717) is 10.6 Å². The zero-order valence-corrected chi connectivity index (χ0v) is 13.6. The van der Waals surface area contributed by atoms with Crippen LogP contribution in [-0.4, -0.2) is 23.3 Å². The number of benzene rings is 1. The zero-order chi connectivity index (χ0) is 15.8. The van der Waals surface area contributed by atoms with Gasteiger partial charge in [-0.25, -0.2) is 4.79 Å². The van der Waals surface area contributed by atoms with Crippen LogP contribution in [0.4, 0.5) is 4.79 Å². The Morgan fingerprint density at radius 3 is 2.57 bits per heavy atom. The van der Waals surface area contributed by atoms with E-state index < -0.39 is 18.3 Å². The number of carbonyl (C=O) groups excluding carboxylic acids is 1. The van der Waals surface area contributed by atoms with Crippen LogP contribution < -0.4 is 5.32 Å². The van der Waals surface area contributed by atoms with Gasteiger partial charge in [-0.15, -0.1) is 0 Å². The number of alkyl carbamates (subject to hydrolysis) is 1. The molecule has 1 aromatic rings. The zero-order valence-electron chi connectivity index (χ0n) is 12.8. The van der Waals surface area contributed by atoms with Crippen LogP contribution in [0.25, 0.3) is 0 Å². The van der Waals surface area contributed by atoms with E-state index in [-0.39, 0.29) is 6.04 Å². The lowest BCUT2D eigenvalue weighted by molar-refractivity contribution is 0.00934. The highest BCUT2D eigenvalue weighted by Gasteiger charge is 2.24. The maximum Gasteiger partial charge on any atom is 0.408 e.